The zero-order valence-corrected chi connectivity index (χ0v) is 19.4. The van der Waals surface area contributed by atoms with E-state index in [9.17, 15) is 9.59 Å². The van der Waals surface area contributed by atoms with Gasteiger partial charge in [0.25, 0.3) is 5.91 Å². The van der Waals surface area contributed by atoms with Gasteiger partial charge in [-0.05, 0) is 55.7 Å². The Kier molecular flexibility index (Phi) is 5.32. The van der Waals surface area contributed by atoms with Crippen LogP contribution < -0.4 is 10.2 Å². The third kappa shape index (κ3) is 3.59. The van der Waals surface area contributed by atoms with Gasteiger partial charge in [0.2, 0.25) is 5.91 Å². The lowest BCUT2D eigenvalue weighted by molar-refractivity contribution is -0.126. The molecule has 4 aromatic rings. The average molecular weight is 455 g/mol. The molecule has 7 heteroatoms. The summed E-state index contributed by atoms with van der Waals surface area (Å²) in [7, 11) is 0. The first-order valence-corrected chi connectivity index (χ1v) is 11.2. The van der Waals surface area contributed by atoms with Crippen molar-refractivity contribution >= 4 is 17.5 Å². The fourth-order valence-electron chi connectivity index (χ4n) is 4.45. The molecule has 0 fully saturated rings. The maximum absolute atomic E-state index is 13.9. The molecule has 0 saturated heterocycles. The van der Waals surface area contributed by atoms with E-state index in [1.807, 2.05) is 62.4 Å². The number of furan rings is 1. The molecule has 172 valence electrons. The molecule has 2 aromatic carbocycles. The summed E-state index contributed by atoms with van der Waals surface area (Å²) in [4.78, 5) is 29.2. The average Bonchev–Trinajstić information content (AvgIpc) is 3.51. The molecule has 5 rings (SSSR count). The molecular weight excluding hydrogens is 428 g/mol. The van der Waals surface area contributed by atoms with Crippen molar-refractivity contribution in [1.29, 1.82) is 0 Å². The van der Waals surface area contributed by atoms with E-state index in [0.29, 0.717) is 29.4 Å². The second kappa shape index (κ2) is 8.33. The minimum atomic E-state index is -1.19. The Morgan fingerprint density at radius 2 is 1.88 bits per heavy atom. The number of hydrogen-bond acceptors (Lipinski definition) is 4. The normalized spacial score (nSPS) is 17.5. The molecular formula is C27H26N4O3. The standard InChI is InChI=1S/C27H26N4O3/c1-18-9-7-12-22(19(18)2)31-25(32)23-15-21(24-13-8-14-34-24)29-30(23)17-27(31,3)26(33)28-16-20-10-5-4-6-11-20/h4-15H,16-17H2,1-3H3,(H,28,33)/t27-/m1/s1. The van der Waals surface area contributed by atoms with E-state index in [1.54, 1.807) is 41.0 Å². The third-order valence-electron chi connectivity index (χ3n) is 6.53. The number of nitrogens with zero attached hydrogens (tertiary/aromatic N) is 3. The number of aryl methyl sites for hydroxylation is 1. The summed E-state index contributed by atoms with van der Waals surface area (Å²) in [5.74, 6) is 0.0529. The Labute approximate surface area is 198 Å². The second-order valence-corrected chi connectivity index (χ2v) is 8.85. The van der Waals surface area contributed by atoms with E-state index in [4.69, 9.17) is 4.42 Å². The Morgan fingerprint density at radius 1 is 1.09 bits per heavy atom. The van der Waals surface area contributed by atoms with Gasteiger partial charge in [0, 0.05) is 18.3 Å². The Hall–Kier alpha value is -4.13. The summed E-state index contributed by atoms with van der Waals surface area (Å²) in [5, 5.41) is 7.64. The largest absolute Gasteiger partial charge is 0.463 e. The van der Waals surface area contributed by atoms with Crippen LogP contribution in [0.25, 0.3) is 11.5 Å². The van der Waals surface area contributed by atoms with Crippen LogP contribution in [0.5, 0.6) is 0 Å². The van der Waals surface area contributed by atoms with Gasteiger partial charge in [-0.15, -0.1) is 0 Å². The summed E-state index contributed by atoms with van der Waals surface area (Å²) in [6.45, 7) is 6.35. The van der Waals surface area contributed by atoms with Crippen molar-refractivity contribution < 1.29 is 14.0 Å². The minimum absolute atomic E-state index is 0.211. The van der Waals surface area contributed by atoms with Gasteiger partial charge >= 0.3 is 0 Å². The molecule has 0 saturated carbocycles. The topological polar surface area (TPSA) is 80.4 Å². The summed E-state index contributed by atoms with van der Waals surface area (Å²) >= 11 is 0. The number of aromatic nitrogens is 2. The quantitative estimate of drug-likeness (QED) is 0.482. The van der Waals surface area contributed by atoms with E-state index in [2.05, 4.69) is 10.4 Å². The van der Waals surface area contributed by atoms with Gasteiger partial charge < -0.3 is 9.73 Å². The number of hydrogen-bond donors (Lipinski definition) is 1. The molecule has 2 amide bonds. The van der Waals surface area contributed by atoms with Gasteiger partial charge in [-0.1, -0.05) is 42.5 Å². The maximum Gasteiger partial charge on any atom is 0.277 e. The van der Waals surface area contributed by atoms with Crippen molar-refractivity contribution in [3.05, 3.63) is 95.4 Å². The van der Waals surface area contributed by atoms with Gasteiger partial charge in [0.1, 0.15) is 16.9 Å². The summed E-state index contributed by atoms with van der Waals surface area (Å²) in [5.41, 5.74) is 3.49. The zero-order valence-electron chi connectivity index (χ0n) is 19.4. The lowest BCUT2D eigenvalue weighted by atomic mass is 9.92. The lowest BCUT2D eigenvalue weighted by Crippen LogP contribution is -2.64. The fraction of sp³-hybridized carbons (Fsp3) is 0.222. The van der Waals surface area contributed by atoms with Gasteiger partial charge in [-0.3, -0.25) is 19.2 Å². The Morgan fingerprint density at radius 3 is 2.62 bits per heavy atom. The molecule has 7 nitrogen and oxygen atoms in total. The SMILES string of the molecule is Cc1cccc(N2C(=O)c3cc(-c4ccco4)nn3C[C@]2(C)C(=O)NCc2ccccc2)c1C. The number of carbonyl (C=O) groups is 2. The van der Waals surface area contributed by atoms with Crippen LogP contribution in [0.15, 0.2) is 77.4 Å². The molecule has 0 unspecified atom stereocenters. The summed E-state index contributed by atoms with van der Waals surface area (Å²) in [6.07, 6.45) is 1.57. The van der Waals surface area contributed by atoms with Crippen molar-refractivity contribution in [2.75, 3.05) is 4.90 Å². The first-order valence-electron chi connectivity index (χ1n) is 11.2. The molecule has 0 spiro atoms. The molecule has 0 aliphatic carbocycles. The molecule has 1 aliphatic heterocycles. The van der Waals surface area contributed by atoms with Gasteiger partial charge in [-0.2, -0.15) is 5.10 Å². The van der Waals surface area contributed by atoms with Crippen LogP contribution in [0.2, 0.25) is 0 Å². The van der Waals surface area contributed by atoms with Gasteiger partial charge in [-0.25, -0.2) is 0 Å². The van der Waals surface area contributed by atoms with Crippen molar-refractivity contribution in [3.8, 4) is 11.5 Å². The maximum atomic E-state index is 13.9. The highest BCUT2D eigenvalue weighted by Gasteiger charge is 2.49. The highest BCUT2D eigenvalue weighted by Crippen LogP contribution is 2.36. The van der Waals surface area contributed by atoms with Crippen molar-refractivity contribution in [2.45, 2.75) is 39.4 Å². The fourth-order valence-corrected chi connectivity index (χ4v) is 4.45. The van der Waals surface area contributed by atoms with Crippen LogP contribution in [0, 0.1) is 13.8 Å². The predicted octanol–water partition coefficient (Wildman–Crippen LogP) is 4.50. The molecule has 1 N–H and O–H groups in total. The molecule has 3 heterocycles. The second-order valence-electron chi connectivity index (χ2n) is 8.85. The highest BCUT2D eigenvalue weighted by molar-refractivity contribution is 6.12. The lowest BCUT2D eigenvalue weighted by Gasteiger charge is -2.43. The number of amides is 2. The van der Waals surface area contributed by atoms with Gasteiger partial charge in [0.05, 0.1) is 12.8 Å². The molecule has 0 bridgehead atoms. The van der Waals surface area contributed by atoms with Crippen molar-refractivity contribution in [1.82, 2.24) is 15.1 Å². The predicted molar refractivity (Wildman–Crippen MR) is 129 cm³/mol. The first-order chi connectivity index (χ1) is 16.4. The minimum Gasteiger partial charge on any atom is -0.463 e. The molecule has 34 heavy (non-hydrogen) atoms. The smallest absolute Gasteiger partial charge is 0.277 e. The zero-order chi connectivity index (χ0) is 23.9. The van der Waals surface area contributed by atoms with E-state index in [0.717, 1.165) is 16.7 Å². The first kappa shape index (κ1) is 21.7. The van der Waals surface area contributed by atoms with Crippen LogP contribution in [-0.2, 0) is 17.9 Å². The molecule has 1 atom stereocenters. The Bertz CT molecular complexity index is 1360. The van der Waals surface area contributed by atoms with E-state index < -0.39 is 5.54 Å². The molecule has 0 radical (unpaired) electrons. The number of anilines is 1. The van der Waals surface area contributed by atoms with E-state index in [1.165, 1.54) is 0 Å². The van der Waals surface area contributed by atoms with Crippen LogP contribution in [0.4, 0.5) is 5.69 Å². The van der Waals surface area contributed by atoms with Crippen LogP contribution in [0.3, 0.4) is 0 Å². The van der Waals surface area contributed by atoms with E-state index in [-0.39, 0.29) is 18.4 Å². The number of benzene rings is 2. The van der Waals surface area contributed by atoms with E-state index >= 15 is 0 Å². The number of fused-ring (bicyclic) bond motifs is 1. The summed E-state index contributed by atoms with van der Waals surface area (Å²) < 4.78 is 7.10. The monoisotopic (exact) mass is 454 g/mol. The number of nitrogens with one attached hydrogen (secondary N) is 1. The van der Waals surface area contributed by atoms with Crippen LogP contribution in [0.1, 0.15) is 34.1 Å². The number of rotatable bonds is 5. The highest BCUT2D eigenvalue weighted by atomic mass is 16.3. The summed E-state index contributed by atoms with van der Waals surface area (Å²) in [6, 6.07) is 20.8. The molecule has 1 aliphatic rings. The van der Waals surface area contributed by atoms with Crippen molar-refractivity contribution in [2.24, 2.45) is 0 Å². The number of carbonyl (C=O) groups excluding carboxylic acids is 2. The Balaban J connectivity index is 1.58. The van der Waals surface area contributed by atoms with Crippen LogP contribution in [-0.4, -0.2) is 27.1 Å². The van der Waals surface area contributed by atoms with Gasteiger partial charge in [0.15, 0.2) is 5.76 Å². The third-order valence-corrected chi connectivity index (χ3v) is 6.53. The van der Waals surface area contributed by atoms with Crippen LogP contribution >= 0.6 is 0 Å². The molecule has 2 aromatic heterocycles. The van der Waals surface area contributed by atoms with Crippen molar-refractivity contribution in [3.63, 3.8) is 0 Å².